The molecule has 498 valence electrons. The van der Waals surface area contributed by atoms with Crippen LogP contribution in [0.25, 0.3) is 0 Å². The number of urea groups is 3. The third-order valence-corrected chi connectivity index (χ3v) is 18.0. The predicted octanol–water partition coefficient (Wildman–Crippen LogP) is 9.04. The SMILES string of the molecule is CCCN1C(=O)N(Cc2cc(Cl)ccc2F)C(=O)C12C(=O)N(CC(=O)O)c1ccc(Cl)cc12.CCN1C(=O)N(Cc2cc(C)ccc2F)C(=O)C12C(=O)N(CC(=O)O)c1ccc(Cl)cc12.Cc1ccc(F)c(CN2C(=O)N(C)C3(C2=O)C(=O)N(CC(=O)O)c2ccc(Cl)cc23)c1. The molecule has 12 rings (SSSR count). The number of rotatable bonds is 15. The molecule has 12 amide bonds. The Hall–Kier alpha value is -10.1. The number of carboxylic acid groups (broad SMARTS) is 3. The Morgan fingerprint density at radius 1 is 0.406 bits per heavy atom. The molecule has 3 unspecified atom stereocenters. The van der Waals surface area contributed by atoms with Crippen molar-refractivity contribution in [3.05, 3.63) is 191 Å². The molecular formula is C65H54Cl4F3N9O15. The van der Waals surface area contributed by atoms with Gasteiger partial charge in [-0.15, -0.1) is 0 Å². The van der Waals surface area contributed by atoms with E-state index in [1.807, 2.05) is 0 Å². The van der Waals surface area contributed by atoms with Crippen molar-refractivity contribution in [2.24, 2.45) is 0 Å². The molecule has 6 aromatic rings. The van der Waals surface area contributed by atoms with E-state index >= 15 is 0 Å². The van der Waals surface area contributed by atoms with Gasteiger partial charge < -0.3 is 20.2 Å². The second-order valence-electron chi connectivity index (χ2n) is 22.9. The molecule has 6 heterocycles. The van der Waals surface area contributed by atoms with Crippen molar-refractivity contribution in [1.82, 2.24) is 29.4 Å². The van der Waals surface area contributed by atoms with E-state index in [9.17, 15) is 86.0 Å². The number of hydrogen-bond acceptors (Lipinski definition) is 12. The number of fused-ring (bicyclic) bond motifs is 6. The van der Waals surface area contributed by atoms with Gasteiger partial charge in [-0.25, -0.2) is 27.6 Å². The van der Waals surface area contributed by atoms with E-state index in [4.69, 9.17) is 46.4 Å². The van der Waals surface area contributed by atoms with Gasteiger partial charge in [-0.1, -0.05) is 88.7 Å². The van der Waals surface area contributed by atoms with E-state index in [1.165, 1.54) is 98.0 Å². The maximum absolute atomic E-state index is 14.4. The number of amides is 12. The van der Waals surface area contributed by atoms with Gasteiger partial charge in [0.15, 0.2) is 0 Å². The maximum atomic E-state index is 14.4. The summed E-state index contributed by atoms with van der Waals surface area (Å²) in [5, 5.41) is 28.7. The van der Waals surface area contributed by atoms with Crippen molar-refractivity contribution in [1.29, 1.82) is 0 Å². The standard InChI is InChI=1S/C22H18Cl2FN3O5.C22H19ClFN3O5.C21H17ClFN3O5/c1-2-7-28-21(33)27(10-12-8-13(23)3-5-16(12)25)20(32)22(28)15-9-14(24)4-6-17(15)26(19(22)31)11-18(29)30;1-3-27-21(32)26(10-13-8-12(2)4-6-16(13)24)20(31)22(27)15-9-14(23)5-7-17(15)25(19(22)30)11-18(28)29;1-11-3-5-15(23)12(7-11)9-26-19(30)21(24(2)20(26)31)14-8-13(22)4-6-16(14)25(18(21)29)10-17(27)28/h3-6,8-9H,2,7,10-11H2,1H3,(H,29,30);4-9H,3,10-11H2,1-2H3,(H,28,29);3-8H,9-10H2,1-2H3,(H,27,28). The highest BCUT2D eigenvalue weighted by Crippen LogP contribution is 2.53. The molecule has 6 aliphatic heterocycles. The summed E-state index contributed by atoms with van der Waals surface area (Å²) in [5.74, 6) is -11.0. The number of halogens is 7. The smallest absolute Gasteiger partial charge is 0.328 e. The van der Waals surface area contributed by atoms with Gasteiger partial charge in [0.25, 0.3) is 35.4 Å². The van der Waals surface area contributed by atoms with Crippen LogP contribution in [-0.2, 0) is 79.4 Å². The van der Waals surface area contributed by atoms with Gasteiger partial charge in [0.05, 0.1) is 36.7 Å². The van der Waals surface area contributed by atoms with Gasteiger partial charge in [0.1, 0.15) is 37.1 Å². The van der Waals surface area contributed by atoms with Crippen LogP contribution in [0.1, 0.15) is 64.8 Å². The minimum absolute atomic E-state index is 0.00291. The molecule has 0 radical (unpaired) electrons. The molecule has 31 heteroatoms. The first-order valence-corrected chi connectivity index (χ1v) is 30.7. The highest BCUT2D eigenvalue weighted by Gasteiger charge is 2.71. The lowest BCUT2D eigenvalue weighted by atomic mass is 9.89. The summed E-state index contributed by atoms with van der Waals surface area (Å²) in [6, 6.07) is 22.9. The normalized spacial score (nSPS) is 20.0. The fraction of sp³-hybridized carbons (Fsp3) is 0.262. The maximum Gasteiger partial charge on any atom is 0.328 e. The number of likely N-dealkylation sites (N-methyl/N-ethyl adjacent to an activating group) is 2. The number of carboxylic acids is 3. The number of aliphatic carboxylic acids is 3. The molecule has 96 heavy (non-hydrogen) atoms. The number of hydrogen-bond donors (Lipinski definition) is 3. The van der Waals surface area contributed by atoms with Crippen LogP contribution in [0.5, 0.6) is 0 Å². The summed E-state index contributed by atoms with van der Waals surface area (Å²) in [6.45, 7) is 3.56. The Bertz CT molecular complexity index is 4430. The lowest BCUT2D eigenvalue weighted by molar-refractivity contribution is -0.144. The fourth-order valence-electron chi connectivity index (χ4n) is 12.9. The van der Waals surface area contributed by atoms with E-state index in [0.717, 1.165) is 61.3 Å². The van der Waals surface area contributed by atoms with Crippen LogP contribution >= 0.6 is 46.4 Å². The van der Waals surface area contributed by atoms with Crippen LogP contribution < -0.4 is 14.7 Å². The first kappa shape index (κ1) is 68.8. The molecule has 3 N–H and O–H groups in total. The number of nitrogens with zero attached hydrogens (tertiary/aromatic N) is 9. The van der Waals surface area contributed by atoms with E-state index in [2.05, 4.69) is 0 Å². The van der Waals surface area contributed by atoms with Crippen LogP contribution in [0, 0.1) is 31.3 Å². The lowest BCUT2D eigenvalue weighted by Crippen LogP contribution is -2.55. The Balaban J connectivity index is 0.000000157. The Morgan fingerprint density at radius 3 is 1.09 bits per heavy atom. The highest BCUT2D eigenvalue weighted by molar-refractivity contribution is 6.35. The molecule has 0 aliphatic carbocycles. The first-order chi connectivity index (χ1) is 45.3. The number of imide groups is 3. The molecule has 6 aliphatic rings. The van der Waals surface area contributed by atoms with Crippen LogP contribution in [0.4, 0.5) is 44.6 Å². The van der Waals surface area contributed by atoms with Crippen molar-refractivity contribution in [2.45, 2.75) is 70.4 Å². The third kappa shape index (κ3) is 11.0. The van der Waals surface area contributed by atoms with Gasteiger partial charge in [-0.05, 0) is 112 Å². The number of benzene rings is 6. The number of aryl methyl sites for hydroxylation is 2. The Kier molecular flexibility index (Phi) is 18.6. The molecule has 0 saturated carbocycles. The van der Waals surface area contributed by atoms with E-state index < -0.39 is 132 Å². The fourth-order valence-corrected chi connectivity index (χ4v) is 13.6. The number of carbonyl (C=O) groups is 12. The zero-order valence-electron chi connectivity index (χ0n) is 51.2. The number of anilines is 3. The first-order valence-electron chi connectivity index (χ1n) is 29.2. The molecule has 3 atom stereocenters. The van der Waals surface area contributed by atoms with E-state index in [-0.39, 0.29) is 96.7 Å². The monoisotopic (exact) mass is 1400 g/mol. The minimum Gasteiger partial charge on any atom is -0.480 e. The van der Waals surface area contributed by atoms with Gasteiger partial charge in [-0.2, -0.15) is 0 Å². The molecular weight excluding hydrogens is 1350 g/mol. The molecule has 6 aromatic carbocycles. The van der Waals surface area contributed by atoms with E-state index in [0.29, 0.717) is 6.42 Å². The molecule has 24 nitrogen and oxygen atoms in total. The summed E-state index contributed by atoms with van der Waals surface area (Å²) in [7, 11) is 1.28. The summed E-state index contributed by atoms with van der Waals surface area (Å²) in [4.78, 5) is 164. The molecule has 0 bridgehead atoms. The van der Waals surface area contributed by atoms with Crippen molar-refractivity contribution >= 4 is 135 Å². The van der Waals surface area contributed by atoms with Crippen LogP contribution in [-0.4, -0.2) is 156 Å². The zero-order chi connectivity index (χ0) is 70.1. The van der Waals surface area contributed by atoms with Gasteiger partial charge in [0, 0.05) is 73.6 Å². The predicted molar refractivity (Wildman–Crippen MR) is 338 cm³/mol. The van der Waals surface area contributed by atoms with Gasteiger partial charge in [0.2, 0.25) is 16.6 Å². The molecule has 0 aromatic heterocycles. The van der Waals surface area contributed by atoms with Crippen LogP contribution in [0.15, 0.2) is 109 Å². The van der Waals surface area contributed by atoms with Crippen molar-refractivity contribution in [3.8, 4) is 0 Å². The van der Waals surface area contributed by atoms with Gasteiger partial charge in [-0.3, -0.25) is 82.4 Å². The molecule has 3 spiro atoms. The minimum atomic E-state index is -2.13. The quantitative estimate of drug-likeness (QED) is 0.0638. The molecule has 3 saturated heterocycles. The Labute approximate surface area is 563 Å². The van der Waals surface area contributed by atoms with Gasteiger partial charge >= 0.3 is 36.0 Å². The van der Waals surface area contributed by atoms with Crippen molar-refractivity contribution in [2.75, 3.05) is 54.5 Å². The summed E-state index contributed by atoms with van der Waals surface area (Å²) >= 11 is 24.4. The second kappa shape index (κ2) is 25.9. The van der Waals surface area contributed by atoms with Crippen molar-refractivity contribution in [3.63, 3.8) is 0 Å². The largest absolute Gasteiger partial charge is 0.480 e. The molecule has 3 fully saturated rings. The second-order valence-corrected chi connectivity index (χ2v) is 24.6. The number of carbonyl (C=O) groups excluding carboxylic acids is 9. The summed E-state index contributed by atoms with van der Waals surface area (Å²) in [5.41, 5.74) is -3.73. The lowest BCUT2D eigenvalue weighted by Gasteiger charge is -2.30. The summed E-state index contributed by atoms with van der Waals surface area (Å²) < 4.78 is 43.1. The van der Waals surface area contributed by atoms with Crippen LogP contribution in [0.3, 0.4) is 0 Å². The van der Waals surface area contributed by atoms with Crippen molar-refractivity contribution < 1.29 is 86.0 Å². The summed E-state index contributed by atoms with van der Waals surface area (Å²) in [6.07, 6.45) is 0.405. The van der Waals surface area contributed by atoms with Crippen LogP contribution in [0.2, 0.25) is 20.1 Å². The Morgan fingerprint density at radius 2 is 0.708 bits per heavy atom. The topological polar surface area (TPSA) is 295 Å². The highest BCUT2D eigenvalue weighted by atomic mass is 35.5. The zero-order valence-corrected chi connectivity index (χ0v) is 54.2. The van der Waals surface area contributed by atoms with E-state index in [1.54, 1.807) is 39.8 Å². The third-order valence-electron chi connectivity index (χ3n) is 17.0. The average molecular weight is 1400 g/mol. The average Bonchev–Trinajstić information content (AvgIpc) is 1.55.